The fourth-order valence-electron chi connectivity index (χ4n) is 4.18. The maximum atomic E-state index is 10.8. The topological polar surface area (TPSA) is 50.5 Å². The van der Waals surface area contributed by atoms with Crippen LogP contribution in [0.2, 0.25) is 0 Å². The molecule has 0 fully saturated rings. The summed E-state index contributed by atoms with van der Waals surface area (Å²) < 4.78 is 8.05. The van der Waals surface area contributed by atoms with Gasteiger partial charge in [0.05, 0.1) is 18.3 Å². The molecule has 2 heterocycles. The highest BCUT2D eigenvalue weighted by molar-refractivity contribution is 5.85. The van der Waals surface area contributed by atoms with Gasteiger partial charge in [0, 0.05) is 35.9 Å². The van der Waals surface area contributed by atoms with E-state index in [1.54, 1.807) is 6.20 Å². The molecule has 2 aromatic heterocycles. The molecule has 0 amide bonds. The summed E-state index contributed by atoms with van der Waals surface area (Å²) in [7, 11) is 2.04. The van der Waals surface area contributed by atoms with Gasteiger partial charge in [-0.1, -0.05) is 36.4 Å². The lowest BCUT2D eigenvalue weighted by Gasteiger charge is -2.22. The summed E-state index contributed by atoms with van der Waals surface area (Å²) in [6.07, 6.45) is 1.32. The average Bonchev–Trinajstić information content (AvgIpc) is 3.04. The molecule has 0 unspecified atom stereocenters. The van der Waals surface area contributed by atoms with Crippen LogP contribution in [0, 0.1) is 13.8 Å². The third-order valence-corrected chi connectivity index (χ3v) is 5.95. The van der Waals surface area contributed by atoms with Crippen LogP contribution in [0.3, 0.4) is 0 Å². The van der Waals surface area contributed by atoms with Crippen molar-refractivity contribution in [3.63, 3.8) is 0 Å². The van der Waals surface area contributed by atoms with Crippen LogP contribution < -0.4 is 4.74 Å². The molecule has 0 aliphatic heterocycles. The molecule has 166 valence electrons. The SMILES string of the molecule is Cc1c(C)n(C[C@@H](O)CN(C)Cc2ccc(OCc3ccccn3)cc2)c2ccccc12. The Bertz CT molecular complexity index is 1150. The Morgan fingerprint density at radius 2 is 1.75 bits per heavy atom. The molecular weight excluding hydrogens is 398 g/mol. The lowest BCUT2D eigenvalue weighted by atomic mass is 10.2. The molecule has 5 nitrogen and oxygen atoms in total. The van der Waals surface area contributed by atoms with Gasteiger partial charge in [0.2, 0.25) is 0 Å². The van der Waals surface area contributed by atoms with Gasteiger partial charge in [-0.05, 0) is 62.4 Å². The zero-order valence-electron chi connectivity index (χ0n) is 19.0. The van der Waals surface area contributed by atoms with Crippen molar-refractivity contribution in [2.24, 2.45) is 0 Å². The van der Waals surface area contributed by atoms with E-state index in [-0.39, 0.29) is 0 Å². The van der Waals surface area contributed by atoms with Crippen molar-refractivity contribution in [3.8, 4) is 5.75 Å². The van der Waals surface area contributed by atoms with Crippen molar-refractivity contribution >= 4 is 10.9 Å². The van der Waals surface area contributed by atoms with Crippen LogP contribution in [0.25, 0.3) is 10.9 Å². The molecule has 32 heavy (non-hydrogen) atoms. The molecule has 4 aromatic rings. The van der Waals surface area contributed by atoms with E-state index < -0.39 is 6.10 Å². The summed E-state index contributed by atoms with van der Waals surface area (Å²) in [5.74, 6) is 0.826. The van der Waals surface area contributed by atoms with E-state index >= 15 is 0 Å². The summed E-state index contributed by atoms with van der Waals surface area (Å²) in [6.45, 7) is 6.69. The first-order chi connectivity index (χ1) is 15.5. The monoisotopic (exact) mass is 429 g/mol. The first-order valence-electron chi connectivity index (χ1n) is 11.0. The number of ether oxygens (including phenoxy) is 1. The van der Waals surface area contributed by atoms with Crippen molar-refractivity contribution in [2.45, 2.75) is 39.6 Å². The number of nitrogens with zero attached hydrogens (tertiary/aromatic N) is 3. The molecule has 5 heteroatoms. The fourth-order valence-corrected chi connectivity index (χ4v) is 4.18. The number of para-hydroxylation sites is 1. The summed E-state index contributed by atoms with van der Waals surface area (Å²) >= 11 is 0. The lowest BCUT2D eigenvalue weighted by molar-refractivity contribution is 0.108. The summed E-state index contributed by atoms with van der Waals surface area (Å²) in [6, 6.07) is 22.3. The van der Waals surface area contributed by atoms with Crippen LogP contribution in [-0.2, 0) is 19.7 Å². The molecule has 1 N–H and O–H groups in total. The number of rotatable bonds is 9. The second-order valence-electron chi connectivity index (χ2n) is 8.44. The zero-order valence-corrected chi connectivity index (χ0v) is 19.0. The minimum atomic E-state index is -0.449. The highest BCUT2D eigenvalue weighted by Gasteiger charge is 2.15. The predicted molar refractivity (Wildman–Crippen MR) is 129 cm³/mol. The van der Waals surface area contributed by atoms with E-state index in [0.29, 0.717) is 19.7 Å². The first kappa shape index (κ1) is 22.1. The molecule has 0 saturated carbocycles. The maximum Gasteiger partial charge on any atom is 0.130 e. The molecular formula is C27H31N3O2. The fraction of sp³-hybridized carbons (Fsp3) is 0.296. The molecule has 0 bridgehead atoms. The minimum absolute atomic E-state index is 0.449. The van der Waals surface area contributed by atoms with Crippen LogP contribution in [0.1, 0.15) is 22.5 Å². The van der Waals surface area contributed by atoms with Crippen LogP contribution in [0.5, 0.6) is 5.75 Å². The van der Waals surface area contributed by atoms with Crippen molar-refractivity contribution in [3.05, 3.63) is 95.4 Å². The highest BCUT2D eigenvalue weighted by atomic mass is 16.5. The van der Waals surface area contributed by atoms with Crippen molar-refractivity contribution in [2.75, 3.05) is 13.6 Å². The van der Waals surface area contributed by atoms with E-state index in [2.05, 4.69) is 64.7 Å². The number of aryl methyl sites for hydroxylation is 1. The number of benzene rings is 2. The Labute approximate surface area is 189 Å². The van der Waals surface area contributed by atoms with Gasteiger partial charge in [0.15, 0.2) is 0 Å². The molecule has 4 rings (SSSR count). The number of aliphatic hydroxyl groups is 1. The number of likely N-dealkylation sites (N-methyl/N-ethyl adjacent to an activating group) is 1. The standard InChI is InChI=1S/C27H31N3O2/c1-20-21(2)30(27-10-5-4-9-26(20)27)18-24(31)17-29(3)16-22-11-13-25(14-12-22)32-19-23-8-6-7-15-28-23/h4-15,24,31H,16-19H2,1-3H3/t24-/m0/s1. The van der Waals surface area contributed by atoms with Gasteiger partial charge >= 0.3 is 0 Å². The van der Waals surface area contributed by atoms with Gasteiger partial charge in [0.1, 0.15) is 12.4 Å². The Kier molecular flexibility index (Phi) is 6.88. The van der Waals surface area contributed by atoms with Crippen molar-refractivity contribution < 1.29 is 9.84 Å². The normalized spacial score (nSPS) is 12.4. The maximum absolute atomic E-state index is 10.8. The van der Waals surface area contributed by atoms with Crippen LogP contribution in [-0.4, -0.2) is 39.3 Å². The number of hydrogen-bond donors (Lipinski definition) is 1. The van der Waals surface area contributed by atoms with Crippen molar-refractivity contribution in [1.29, 1.82) is 0 Å². The number of aliphatic hydroxyl groups excluding tert-OH is 1. The Balaban J connectivity index is 1.31. The quantitative estimate of drug-likeness (QED) is 0.418. The van der Waals surface area contributed by atoms with Crippen molar-refractivity contribution in [1.82, 2.24) is 14.5 Å². The Morgan fingerprint density at radius 1 is 1.00 bits per heavy atom. The number of fused-ring (bicyclic) bond motifs is 1. The molecule has 1 atom stereocenters. The molecule has 0 aliphatic carbocycles. The summed E-state index contributed by atoms with van der Waals surface area (Å²) in [4.78, 5) is 6.43. The van der Waals surface area contributed by atoms with Gasteiger partial charge in [-0.15, -0.1) is 0 Å². The number of pyridine rings is 1. The second-order valence-corrected chi connectivity index (χ2v) is 8.44. The molecule has 2 aromatic carbocycles. The van der Waals surface area contributed by atoms with E-state index in [1.165, 1.54) is 27.7 Å². The third kappa shape index (κ3) is 5.18. The first-order valence-corrected chi connectivity index (χ1v) is 11.0. The number of hydrogen-bond acceptors (Lipinski definition) is 4. The predicted octanol–water partition coefficient (Wildman–Crippen LogP) is 4.73. The lowest BCUT2D eigenvalue weighted by Crippen LogP contribution is -2.32. The van der Waals surface area contributed by atoms with E-state index in [0.717, 1.165) is 18.0 Å². The smallest absolute Gasteiger partial charge is 0.130 e. The Morgan fingerprint density at radius 3 is 2.50 bits per heavy atom. The zero-order chi connectivity index (χ0) is 22.5. The third-order valence-electron chi connectivity index (χ3n) is 5.95. The largest absolute Gasteiger partial charge is 0.487 e. The van der Waals surface area contributed by atoms with E-state index in [9.17, 15) is 5.11 Å². The van der Waals surface area contributed by atoms with Gasteiger partial charge in [-0.2, -0.15) is 0 Å². The summed E-state index contributed by atoms with van der Waals surface area (Å²) in [5, 5.41) is 12.0. The van der Waals surface area contributed by atoms with Gasteiger partial charge < -0.3 is 14.4 Å². The minimum Gasteiger partial charge on any atom is -0.487 e. The van der Waals surface area contributed by atoms with Gasteiger partial charge in [-0.3, -0.25) is 9.88 Å². The number of aromatic nitrogens is 2. The van der Waals surface area contributed by atoms with Crippen LogP contribution >= 0.6 is 0 Å². The second kappa shape index (κ2) is 9.98. The highest BCUT2D eigenvalue weighted by Crippen LogP contribution is 2.25. The van der Waals surface area contributed by atoms with E-state index in [4.69, 9.17) is 4.74 Å². The molecule has 0 aliphatic rings. The molecule has 0 saturated heterocycles. The Hall–Kier alpha value is -3.15. The van der Waals surface area contributed by atoms with Crippen LogP contribution in [0.15, 0.2) is 72.9 Å². The summed E-state index contributed by atoms with van der Waals surface area (Å²) in [5.41, 5.74) is 5.78. The molecule has 0 spiro atoms. The van der Waals surface area contributed by atoms with Gasteiger partial charge in [0.25, 0.3) is 0 Å². The van der Waals surface area contributed by atoms with E-state index in [1.807, 2.05) is 37.4 Å². The average molecular weight is 430 g/mol. The molecule has 0 radical (unpaired) electrons. The van der Waals surface area contributed by atoms with Crippen LogP contribution in [0.4, 0.5) is 0 Å². The van der Waals surface area contributed by atoms with Gasteiger partial charge in [-0.25, -0.2) is 0 Å².